The molecule has 8 heteroatoms. The van der Waals surface area contributed by atoms with Crippen LogP contribution in [0.5, 0.6) is 0 Å². The molecule has 1 aromatic heterocycles. The number of halogens is 1. The average molecular weight is 407 g/mol. The molecule has 0 bridgehead atoms. The lowest BCUT2D eigenvalue weighted by Crippen LogP contribution is -2.49. The highest BCUT2D eigenvalue weighted by molar-refractivity contribution is 5.95. The van der Waals surface area contributed by atoms with E-state index in [4.69, 9.17) is 0 Å². The van der Waals surface area contributed by atoms with Crippen LogP contribution in [-0.2, 0) is 6.54 Å². The van der Waals surface area contributed by atoms with Crippen LogP contribution in [0.2, 0.25) is 0 Å². The summed E-state index contributed by atoms with van der Waals surface area (Å²) in [6.07, 6.45) is 3.14. The summed E-state index contributed by atoms with van der Waals surface area (Å²) in [5.41, 5.74) is 2.48. The van der Waals surface area contributed by atoms with E-state index in [-0.39, 0.29) is 11.7 Å². The van der Waals surface area contributed by atoms with Crippen molar-refractivity contribution in [3.05, 3.63) is 77.6 Å². The van der Waals surface area contributed by atoms with Gasteiger partial charge >= 0.3 is 0 Å². The second-order valence-corrected chi connectivity index (χ2v) is 7.29. The van der Waals surface area contributed by atoms with Crippen LogP contribution in [0.4, 0.5) is 10.1 Å². The Morgan fingerprint density at radius 3 is 2.30 bits per heavy atom. The van der Waals surface area contributed by atoms with Crippen LogP contribution >= 0.6 is 0 Å². The second-order valence-electron chi connectivity index (χ2n) is 7.29. The third kappa shape index (κ3) is 4.22. The van der Waals surface area contributed by atoms with Crippen LogP contribution in [0.3, 0.4) is 0 Å². The molecule has 2 aromatic carbocycles. The van der Waals surface area contributed by atoms with E-state index in [2.05, 4.69) is 10.1 Å². The van der Waals surface area contributed by atoms with E-state index in [9.17, 15) is 14.0 Å². The topological polar surface area (TPSA) is 71.3 Å². The fourth-order valence-corrected chi connectivity index (χ4v) is 3.57. The zero-order valence-electron chi connectivity index (χ0n) is 16.7. The zero-order valence-corrected chi connectivity index (χ0v) is 16.7. The minimum Gasteiger partial charge on any atom is -0.366 e. The normalized spacial score (nSPS) is 14.1. The Morgan fingerprint density at radius 1 is 1.00 bits per heavy atom. The molecule has 0 N–H and O–H groups in total. The van der Waals surface area contributed by atoms with Crippen molar-refractivity contribution < 1.29 is 14.0 Å². The first-order valence-corrected chi connectivity index (χ1v) is 9.77. The zero-order chi connectivity index (χ0) is 21.1. The highest BCUT2D eigenvalue weighted by atomic mass is 19.1. The van der Waals surface area contributed by atoms with Gasteiger partial charge in [-0.3, -0.25) is 9.59 Å². The number of ketones is 1. The Hall–Kier alpha value is -3.55. The van der Waals surface area contributed by atoms with E-state index in [0.29, 0.717) is 49.5 Å². The quantitative estimate of drug-likeness (QED) is 0.608. The molecular formula is C22H22FN5O2. The average Bonchev–Trinajstić information content (AvgIpc) is 3.27. The van der Waals surface area contributed by atoms with Crippen LogP contribution in [0, 0.1) is 5.82 Å². The highest BCUT2D eigenvalue weighted by Crippen LogP contribution is 2.23. The SMILES string of the molecule is CC(=O)c1ccc(N2CCN(C(=O)c3ccc(Cn4cncn4)cc3)CC2)c(F)c1. The largest absolute Gasteiger partial charge is 0.366 e. The lowest BCUT2D eigenvalue weighted by atomic mass is 10.1. The molecule has 3 aromatic rings. The Kier molecular flexibility index (Phi) is 5.56. The summed E-state index contributed by atoms with van der Waals surface area (Å²) in [4.78, 5) is 31.8. The Morgan fingerprint density at radius 2 is 1.70 bits per heavy atom. The first-order valence-electron chi connectivity index (χ1n) is 9.77. The minimum absolute atomic E-state index is 0.0330. The second kappa shape index (κ2) is 8.44. The number of hydrogen-bond donors (Lipinski definition) is 0. The van der Waals surface area contributed by atoms with Crippen molar-refractivity contribution in [1.82, 2.24) is 19.7 Å². The van der Waals surface area contributed by atoms with Crippen molar-refractivity contribution in [2.75, 3.05) is 31.1 Å². The van der Waals surface area contributed by atoms with Gasteiger partial charge in [-0.2, -0.15) is 5.10 Å². The highest BCUT2D eigenvalue weighted by Gasteiger charge is 2.24. The predicted octanol–water partition coefficient (Wildman–Crippen LogP) is 2.63. The number of benzene rings is 2. The fourth-order valence-electron chi connectivity index (χ4n) is 3.57. The monoisotopic (exact) mass is 407 g/mol. The Bertz CT molecular complexity index is 1040. The van der Waals surface area contributed by atoms with Crippen LogP contribution in [0.1, 0.15) is 33.2 Å². The predicted molar refractivity (Wildman–Crippen MR) is 110 cm³/mol. The van der Waals surface area contributed by atoms with E-state index in [1.54, 1.807) is 28.0 Å². The van der Waals surface area contributed by atoms with Crippen molar-refractivity contribution >= 4 is 17.4 Å². The maximum atomic E-state index is 14.4. The van der Waals surface area contributed by atoms with Gasteiger partial charge in [0.2, 0.25) is 0 Å². The molecule has 1 aliphatic rings. The van der Waals surface area contributed by atoms with Gasteiger partial charge in [0.1, 0.15) is 18.5 Å². The third-order valence-corrected chi connectivity index (χ3v) is 5.27. The number of anilines is 1. The molecule has 4 rings (SSSR count). The molecule has 154 valence electrons. The number of piperazine rings is 1. The van der Waals surface area contributed by atoms with Gasteiger partial charge in [0, 0.05) is 37.3 Å². The summed E-state index contributed by atoms with van der Waals surface area (Å²) in [7, 11) is 0. The minimum atomic E-state index is -0.412. The Labute approximate surface area is 173 Å². The van der Waals surface area contributed by atoms with Gasteiger partial charge in [-0.1, -0.05) is 12.1 Å². The van der Waals surface area contributed by atoms with Crippen LogP contribution < -0.4 is 4.90 Å². The van der Waals surface area contributed by atoms with Gasteiger partial charge < -0.3 is 9.80 Å². The van der Waals surface area contributed by atoms with E-state index in [1.807, 2.05) is 29.2 Å². The smallest absolute Gasteiger partial charge is 0.253 e. The number of nitrogens with zero attached hydrogens (tertiary/aromatic N) is 5. The Balaban J connectivity index is 1.37. The number of rotatable bonds is 5. The van der Waals surface area contributed by atoms with Gasteiger partial charge in [-0.25, -0.2) is 14.1 Å². The fraction of sp³-hybridized carbons (Fsp3) is 0.273. The van der Waals surface area contributed by atoms with Gasteiger partial charge in [0.15, 0.2) is 5.78 Å². The maximum Gasteiger partial charge on any atom is 0.253 e. The van der Waals surface area contributed by atoms with Crippen molar-refractivity contribution in [1.29, 1.82) is 0 Å². The van der Waals surface area contributed by atoms with E-state index >= 15 is 0 Å². The molecule has 0 unspecified atom stereocenters. The van der Waals surface area contributed by atoms with Gasteiger partial charge in [-0.15, -0.1) is 0 Å². The van der Waals surface area contributed by atoms with Crippen molar-refractivity contribution in [2.45, 2.75) is 13.5 Å². The number of Topliss-reactive ketones (excluding diaryl/α,β-unsaturated/α-hetero) is 1. The molecule has 1 aliphatic heterocycles. The maximum absolute atomic E-state index is 14.4. The summed E-state index contributed by atoms with van der Waals surface area (Å²) < 4.78 is 16.1. The van der Waals surface area contributed by atoms with E-state index in [1.165, 1.54) is 19.3 Å². The molecule has 2 heterocycles. The molecule has 0 saturated carbocycles. The van der Waals surface area contributed by atoms with Gasteiger partial charge in [-0.05, 0) is 42.8 Å². The summed E-state index contributed by atoms with van der Waals surface area (Å²) in [5.74, 6) is -0.608. The van der Waals surface area contributed by atoms with Crippen LogP contribution in [0.25, 0.3) is 0 Å². The van der Waals surface area contributed by atoms with E-state index in [0.717, 1.165) is 5.56 Å². The molecule has 1 amide bonds. The number of carbonyl (C=O) groups is 2. The molecule has 0 spiro atoms. The van der Waals surface area contributed by atoms with Gasteiger partial charge in [0.25, 0.3) is 5.91 Å². The lowest BCUT2D eigenvalue weighted by Gasteiger charge is -2.36. The lowest BCUT2D eigenvalue weighted by molar-refractivity contribution is 0.0746. The standard InChI is InChI=1S/C22H22FN5O2/c1-16(29)19-6-7-21(20(23)12-19)26-8-10-27(11-9-26)22(30)18-4-2-17(3-5-18)13-28-15-24-14-25-28/h2-7,12,14-15H,8-11,13H2,1H3. The molecular weight excluding hydrogens is 385 g/mol. The van der Waals surface area contributed by atoms with Crippen molar-refractivity contribution in [3.63, 3.8) is 0 Å². The van der Waals surface area contributed by atoms with Crippen molar-refractivity contribution in [3.8, 4) is 0 Å². The molecule has 7 nitrogen and oxygen atoms in total. The first-order chi connectivity index (χ1) is 14.5. The summed E-state index contributed by atoms with van der Waals surface area (Å²) in [5, 5.41) is 4.08. The number of amides is 1. The molecule has 0 radical (unpaired) electrons. The van der Waals surface area contributed by atoms with E-state index < -0.39 is 5.82 Å². The molecule has 1 fully saturated rings. The first kappa shape index (κ1) is 19.8. The van der Waals surface area contributed by atoms with Crippen LogP contribution in [-0.4, -0.2) is 57.5 Å². The summed E-state index contributed by atoms with van der Waals surface area (Å²) >= 11 is 0. The number of carbonyl (C=O) groups excluding carboxylic acids is 2. The molecule has 1 saturated heterocycles. The summed E-state index contributed by atoms with van der Waals surface area (Å²) in [6.45, 7) is 4.10. The number of hydrogen-bond acceptors (Lipinski definition) is 5. The molecule has 0 aliphatic carbocycles. The molecule has 30 heavy (non-hydrogen) atoms. The molecule has 0 atom stereocenters. The van der Waals surface area contributed by atoms with Gasteiger partial charge in [0.05, 0.1) is 12.2 Å². The summed E-state index contributed by atoms with van der Waals surface area (Å²) in [6, 6.07) is 12.0. The van der Waals surface area contributed by atoms with Crippen LogP contribution in [0.15, 0.2) is 55.1 Å². The number of aromatic nitrogens is 3. The third-order valence-electron chi connectivity index (χ3n) is 5.27. The van der Waals surface area contributed by atoms with Crippen molar-refractivity contribution in [2.24, 2.45) is 0 Å².